The smallest absolute Gasteiger partial charge is 0.133 e. The van der Waals surface area contributed by atoms with Crippen molar-refractivity contribution in [3.05, 3.63) is 16.5 Å². The second-order valence-electron chi connectivity index (χ2n) is 4.54. The Labute approximate surface area is 106 Å². The molecule has 0 aliphatic heterocycles. The van der Waals surface area contributed by atoms with Crippen LogP contribution in [0.1, 0.15) is 39.9 Å². The predicted octanol–water partition coefficient (Wildman–Crippen LogP) is 3.43. The molecule has 0 radical (unpaired) electrons. The number of hydrogen-bond donors (Lipinski definition) is 0. The highest BCUT2D eigenvalue weighted by molar-refractivity contribution is 9.10. The van der Waals surface area contributed by atoms with E-state index in [2.05, 4.69) is 65.5 Å². The first-order valence-electron chi connectivity index (χ1n) is 5.68. The van der Waals surface area contributed by atoms with Gasteiger partial charge < -0.3 is 4.90 Å². The van der Waals surface area contributed by atoms with E-state index in [1.165, 1.54) is 0 Å². The van der Waals surface area contributed by atoms with Gasteiger partial charge in [-0.05, 0) is 36.2 Å². The van der Waals surface area contributed by atoms with Crippen LogP contribution in [0.25, 0.3) is 0 Å². The average molecular weight is 286 g/mol. The number of aromatic nitrogens is 2. The average Bonchev–Trinajstić information content (AvgIpc) is 2.27. The van der Waals surface area contributed by atoms with E-state index in [0.717, 1.165) is 29.1 Å². The van der Waals surface area contributed by atoms with E-state index in [4.69, 9.17) is 0 Å². The van der Waals surface area contributed by atoms with Crippen LogP contribution in [0, 0.1) is 0 Å². The van der Waals surface area contributed by atoms with Gasteiger partial charge in [-0.15, -0.1) is 0 Å². The molecule has 0 spiro atoms. The van der Waals surface area contributed by atoms with Crippen LogP contribution in [0.2, 0.25) is 0 Å². The highest BCUT2D eigenvalue weighted by Gasteiger charge is 2.22. The molecule has 0 unspecified atom stereocenters. The summed E-state index contributed by atoms with van der Waals surface area (Å²) in [5.74, 6) is 1.86. The molecule has 1 heterocycles. The van der Waals surface area contributed by atoms with Crippen molar-refractivity contribution in [2.24, 2.45) is 0 Å². The molecule has 0 bridgehead atoms. The number of hydrogen-bond acceptors (Lipinski definition) is 3. The van der Waals surface area contributed by atoms with Gasteiger partial charge in [0.15, 0.2) is 0 Å². The van der Waals surface area contributed by atoms with E-state index >= 15 is 0 Å². The molecule has 0 aromatic carbocycles. The van der Waals surface area contributed by atoms with Crippen LogP contribution in [0.3, 0.4) is 0 Å². The van der Waals surface area contributed by atoms with Crippen molar-refractivity contribution in [2.75, 3.05) is 11.9 Å². The Morgan fingerprint density at radius 2 is 1.94 bits per heavy atom. The first kappa shape index (κ1) is 13.4. The van der Waals surface area contributed by atoms with Gasteiger partial charge in [0.05, 0.1) is 0 Å². The summed E-state index contributed by atoms with van der Waals surface area (Å²) in [6, 6.07) is 1.97. The number of halogens is 1. The summed E-state index contributed by atoms with van der Waals surface area (Å²) in [6.45, 7) is 8.69. The highest BCUT2D eigenvalue weighted by atomic mass is 79.9. The summed E-state index contributed by atoms with van der Waals surface area (Å²) in [6.07, 6.45) is 1.93. The molecule has 0 saturated heterocycles. The van der Waals surface area contributed by atoms with E-state index in [0.29, 0.717) is 0 Å². The lowest BCUT2D eigenvalue weighted by Gasteiger charge is -2.35. The molecule has 0 N–H and O–H groups in total. The van der Waals surface area contributed by atoms with Gasteiger partial charge in [0.25, 0.3) is 0 Å². The Hall–Kier alpha value is -0.640. The minimum absolute atomic E-state index is 0.110. The maximum absolute atomic E-state index is 4.55. The fourth-order valence-electron chi connectivity index (χ4n) is 1.33. The third-order valence-corrected chi connectivity index (χ3v) is 3.57. The second kappa shape index (κ2) is 5.13. The molecule has 0 saturated carbocycles. The van der Waals surface area contributed by atoms with Crippen LogP contribution in [-0.4, -0.2) is 22.6 Å². The van der Waals surface area contributed by atoms with Crippen LogP contribution >= 0.6 is 15.9 Å². The van der Waals surface area contributed by atoms with Crippen molar-refractivity contribution in [3.63, 3.8) is 0 Å². The predicted molar refractivity (Wildman–Crippen MR) is 71.9 cm³/mol. The molecular weight excluding hydrogens is 266 g/mol. The molecule has 4 heteroatoms. The molecule has 0 amide bonds. The molecular formula is C12H20BrN3. The standard InChI is InChI=1S/C12H20BrN3/c1-6-10-14-9(13)8-11(15-10)16(5)12(3,4)7-2/h8H,6-7H2,1-5H3. The first-order chi connectivity index (χ1) is 7.40. The number of rotatable bonds is 4. The van der Waals surface area contributed by atoms with E-state index in [1.807, 2.05) is 6.07 Å². The van der Waals surface area contributed by atoms with Gasteiger partial charge in [-0.3, -0.25) is 0 Å². The molecule has 1 aromatic heterocycles. The van der Waals surface area contributed by atoms with Crippen molar-refractivity contribution in [2.45, 2.75) is 46.1 Å². The summed E-state index contributed by atoms with van der Waals surface area (Å²) < 4.78 is 0.855. The lowest BCUT2D eigenvalue weighted by Crippen LogP contribution is -2.41. The third-order valence-electron chi connectivity index (χ3n) is 3.16. The zero-order valence-corrected chi connectivity index (χ0v) is 12.3. The fraction of sp³-hybridized carbons (Fsp3) is 0.667. The summed E-state index contributed by atoms with van der Waals surface area (Å²) in [7, 11) is 2.08. The SMILES string of the molecule is CCc1nc(Br)cc(N(C)C(C)(C)CC)n1. The quantitative estimate of drug-likeness (QED) is 0.794. The Kier molecular flexibility index (Phi) is 4.30. The van der Waals surface area contributed by atoms with Crippen LogP contribution in [0.15, 0.2) is 10.7 Å². The van der Waals surface area contributed by atoms with E-state index in [1.54, 1.807) is 0 Å². The van der Waals surface area contributed by atoms with Crippen molar-refractivity contribution >= 4 is 21.7 Å². The van der Waals surface area contributed by atoms with Crippen molar-refractivity contribution in [1.29, 1.82) is 0 Å². The number of anilines is 1. The van der Waals surface area contributed by atoms with Gasteiger partial charge in [0.2, 0.25) is 0 Å². The maximum atomic E-state index is 4.55. The Morgan fingerprint density at radius 1 is 1.31 bits per heavy atom. The molecule has 3 nitrogen and oxygen atoms in total. The summed E-state index contributed by atoms with van der Waals surface area (Å²) in [4.78, 5) is 11.1. The molecule has 1 aromatic rings. The van der Waals surface area contributed by atoms with Crippen LogP contribution in [0.5, 0.6) is 0 Å². The fourth-order valence-corrected chi connectivity index (χ4v) is 1.74. The second-order valence-corrected chi connectivity index (χ2v) is 5.36. The maximum Gasteiger partial charge on any atom is 0.133 e. The van der Waals surface area contributed by atoms with Gasteiger partial charge in [-0.2, -0.15) is 0 Å². The number of aryl methyl sites for hydroxylation is 1. The Balaban J connectivity index is 3.08. The first-order valence-corrected chi connectivity index (χ1v) is 6.47. The largest absolute Gasteiger partial charge is 0.354 e. The Bertz CT molecular complexity index is 363. The van der Waals surface area contributed by atoms with E-state index in [9.17, 15) is 0 Å². The molecule has 0 atom stereocenters. The summed E-state index contributed by atoms with van der Waals surface area (Å²) >= 11 is 3.43. The van der Waals surface area contributed by atoms with E-state index in [-0.39, 0.29) is 5.54 Å². The summed E-state index contributed by atoms with van der Waals surface area (Å²) in [5.41, 5.74) is 0.110. The molecule has 0 aliphatic rings. The molecule has 16 heavy (non-hydrogen) atoms. The van der Waals surface area contributed by atoms with Crippen molar-refractivity contribution in [1.82, 2.24) is 9.97 Å². The molecule has 90 valence electrons. The van der Waals surface area contributed by atoms with Gasteiger partial charge in [-0.25, -0.2) is 9.97 Å². The molecule has 0 aliphatic carbocycles. The van der Waals surface area contributed by atoms with Crippen LogP contribution < -0.4 is 4.90 Å². The zero-order valence-electron chi connectivity index (χ0n) is 10.7. The summed E-state index contributed by atoms with van der Waals surface area (Å²) in [5, 5.41) is 0. The van der Waals surface area contributed by atoms with Gasteiger partial charge >= 0.3 is 0 Å². The van der Waals surface area contributed by atoms with E-state index < -0.39 is 0 Å². The number of nitrogens with zero attached hydrogens (tertiary/aromatic N) is 3. The minimum atomic E-state index is 0.110. The van der Waals surface area contributed by atoms with Crippen LogP contribution in [-0.2, 0) is 6.42 Å². The lowest BCUT2D eigenvalue weighted by atomic mass is 10.0. The third kappa shape index (κ3) is 2.94. The van der Waals surface area contributed by atoms with Gasteiger partial charge in [0.1, 0.15) is 16.2 Å². The highest BCUT2D eigenvalue weighted by Crippen LogP contribution is 2.24. The minimum Gasteiger partial charge on any atom is -0.354 e. The zero-order chi connectivity index (χ0) is 12.3. The van der Waals surface area contributed by atoms with Crippen molar-refractivity contribution < 1.29 is 0 Å². The monoisotopic (exact) mass is 285 g/mol. The van der Waals surface area contributed by atoms with Crippen molar-refractivity contribution in [3.8, 4) is 0 Å². The topological polar surface area (TPSA) is 29.0 Å². The Morgan fingerprint density at radius 3 is 2.44 bits per heavy atom. The normalized spacial score (nSPS) is 11.6. The molecule has 0 fully saturated rings. The lowest BCUT2D eigenvalue weighted by molar-refractivity contribution is 0.466. The van der Waals surface area contributed by atoms with Crippen LogP contribution in [0.4, 0.5) is 5.82 Å². The molecule has 1 rings (SSSR count). The van der Waals surface area contributed by atoms with Gasteiger partial charge in [-0.1, -0.05) is 13.8 Å². The van der Waals surface area contributed by atoms with Gasteiger partial charge in [0, 0.05) is 25.1 Å².